The second kappa shape index (κ2) is 5.39. The zero-order valence-corrected chi connectivity index (χ0v) is 13.8. The van der Waals surface area contributed by atoms with Gasteiger partial charge in [0.05, 0.1) is 0 Å². The highest BCUT2D eigenvalue weighted by atomic mass is 16.3. The molecule has 0 aromatic carbocycles. The second-order valence-electron chi connectivity index (χ2n) is 8.08. The Balaban J connectivity index is 2.09. The monoisotopic (exact) mass is 292 g/mol. The van der Waals surface area contributed by atoms with Gasteiger partial charge in [-0.05, 0) is 42.6 Å². The fourth-order valence-electron chi connectivity index (χ4n) is 4.08. The van der Waals surface area contributed by atoms with Crippen molar-refractivity contribution >= 4 is 5.91 Å². The first-order valence-corrected chi connectivity index (χ1v) is 7.75. The molecule has 0 unspecified atom stereocenters. The number of allylic oxidation sites excluding steroid dienone is 1. The van der Waals surface area contributed by atoms with E-state index in [0.29, 0.717) is 12.2 Å². The van der Waals surface area contributed by atoms with Crippen LogP contribution >= 0.6 is 0 Å². The smallest absolute Gasteiger partial charge is 0.271 e. The van der Waals surface area contributed by atoms with Crippen molar-refractivity contribution in [3.63, 3.8) is 0 Å². The molecule has 0 atom stereocenters. The SMILES string of the molecule is CC1=CCNC(C(=O)NC2CC(C)(C)CC(C)(C)C2)=C1O. The molecule has 2 aliphatic rings. The lowest BCUT2D eigenvalue weighted by Crippen LogP contribution is -2.48. The predicted octanol–water partition coefficient (Wildman–Crippen LogP) is 3.03. The van der Waals surface area contributed by atoms with Crippen LogP contribution in [0.4, 0.5) is 0 Å². The van der Waals surface area contributed by atoms with Gasteiger partial charge in [0.1, 0.15) is 11.5 Å². The highest BCUT2D eigenvalue weighted by Gasteiger charge is 2.39. The van der Waals surface area contributed by atoms with Gasteiger partial charge in [-0.25, -0.2) is 0 Å². The van der Waals surface area contributed by atoms with Crippen LogP contribution in [0.1, 0.15) is 53.9 Å². The number of dihydropyridines is 1. The third kappa shape index (κ3) is 3.80. The lowest BCUT2D eigenvalue weighted by atomic mass is 9.63. The quantitative estimate of drug-likeness (QED) is 0.733. The number of aliphatic hydroxyl groups excluding tert-OH is 1. The molecule has 0 spiro atoms. The maximum absolute atomic E-state index is 12.4. The maximum atomic E-state index is 12.4. The van der Waals surface area contributed by atoms with Gasteiger partial charge in [0, 0.05) is 12.6 Å². The third-order valence-corrected chi connectivity index (χ3v) is 4.41. The molecule has 0 saturated heterocycles. The summed E-state index contributed by atoms with van der Waals surface area (Å²) < 4.78 is 0. The highest BCUT2D eigenvalue weighted by molar-refractivity contribution is 5.94. The Morgan fingerprint density at radius 3 is 2.43 bits per heavy atom. The van der Waals surface area contributed by atoms with Crippen molar-refractivity contribution in [2.75, 3.05) is 6.54 Å². The molecule has 4 heteroatoms. The van der Waals surface area contributed by atoms with Crippen LogP contribution in [0, 0.1) is 10.8 Å². The molecule has 1 heterocycles. The van der Waals surface area contributed by atoms with Crippen molar-refractivity contribution in [1.29, 1.82) is 0 Å². The van der Waals surface area contributed by atoms with Crippen LogP contribution in [0.2, 0.25) is 0 Å². The topological polar surface area (TPSA) is 61.4 Å². The van der Waals surface area contributed by atoms with E-state index in [0.717, 1.165) is 18.4 Å². The minimum Gasteiger partial charge on any atom is -0.505 e. The van der Waals surface area contributed by atoms with E-state index in [-0.39, 0.29) is 28.5 Å². The lowest BCUT2D eigenvalue weighted by Gasteiger charge is -2.45. The van der Waals surface area contributed by atoms with Crippen LogP contribution < -0.4 is 10.6 Å². The lowest BCUT2D eigenvalue weighted by molar-refractivity contribution is -0.119. The first-order chi connectivity index (χ1) is 9.60. The van der Waals surface area contributed by atoms with Gasteiger partial charge >= 0.3 is 0 Å². The number of amides is 1. The van der Waals surface area contributed by atoms with Crippen LogP contribution in [0.15, 0.2) is 23.1 Å². The van der Waals surface area contributed by atoms with Gasteiger partial charge in [-0.3, -0.25) is 4.79 Å². The van der Waals surface area contributed by atoms with Crippen molar-refractivity contribution in [3.05, 3.63) is 23.1 Å². The Labute approximate surface area is 127 Å². The van der Waals surface area contributed by atoms with Crippen molar-refractivity contribution in [2.24, 2.45) is 10.8 Å². The Morgan fingerprint density at radius 2 is 1.86 bits per heavy atom. The standard InChI is InChI=1S/C17H28N2O2/c1-11-6-7-18-13(14(11)20)15(21)19-12-8-16(2,3)10-17(4,5)9-12/h6,12,18,20H,7-10H2,1-5H3,(H,19,21). The Morgan fingerprint density at radius 1 is 1.29 bits per heavy atom. The number of hydrogen-bond acceptors (Lipinski definition) is 3. The van der Waals surface area contributed by atoms with E-state index in [1.165, 1.54) is 6.42 Å². The third-order valence-electron chi connectivity index (χ3n) is 4.41. The Kier molecular flexibility index (Phi) is 4.09. The fraction of sp³-hybridized carbons (Fsp3) is 0.706. The molecule has 118 valence electrons. The largest absolute Gasteiger partial charge is 0.505 e. The maximum Gasteiger partial charge on any atom is 0.271 e. The molecule has 1 fully saturated rings. The first-order valence-electron chi connectivity index (χ1n) is 7.75. The van der Waals surface area contributed by atoms with E-state index in [2.05, 4.69) is 38.3 Å². The molecule has 1 saturated carbocycles. The van der Waals surface area contributed by atoms with Gasteiger partial charge in [-0.15, -0.1) is 0 Å². The molecule has 0 bridgehead atoms. The summed E-state index contributed by atoms with van der Waals surface area (Å²) >= 11 is 0. The Hall–Kier alpha value is -1.45. The van der Waals surface area contributed by atoms with Crippen molar-refractivity contribution < 1.29 is 9.90 Å². The van der Waals surface area contributed by atoms with E-state index < -0.39 is 0 Å². The Bertz CT molecular complexity index is 485. The highest BCUT2D eigenvalue weighted by Crippen LogP contribution is 2.45. The van der Waals surface area contributed by atoms with Gasteiger partial charge < -0.3 is 15.7 Å². The van der Waals surface area contributed by atoms with Crippen LogP contribution in [0.3, 0.4) is 0 Å². The van der Waals surface area contributed by atoms with E-state index in [1.807, 2.05) is 13.0 Å². The van der Waals surface area contributed by atoms with E-state index >= 15 is 0 Å². The summed E-state index contributed by atoms with van der Waals surface area (Å²) in [6.07, 6.45) is 5.00. The molecule has 0 radical (unpaired) electrons. The summed E-state index contributed by atoms with van der Waals surface area (Å²) in [4.78, 5) is 12.4. The molecule has 21 heavy (non-hydrogen) atoms. The van der Waals surface area contributed by atoms with E-state index in [9.17, 15) is 9.90 Å². The average molecular weight is 292 g/mol. The predicted molar refractivity (Wildman–Crippen MR) is 84.8 cm³/mol. The molecule has 3 N–H and O–H groups in total. The fourth-order valence-corrected chi connectivity index (χ4v) is 4.08. The minimum absolute atomic E-state index is 0.0630. The molecule has 0 aromatic heterocycles. The summed E-state index contributed by atoms with van der Waals surface area (Å²) in [6.45, 7) is 11.4. The number of carbonyl (C=O) groups excluding carboxylic acids is 1. The van der Waals surface area contributed by atoms with Crippen molar-refractivity contribution in [3.8, 4) is 0 Å². The van der Waals surface area contributed by atoms with Crippen LogP contribution in [0.5, 0.6) is 0 Å². The summed E-state index contributed by atoms with van der Waals surface area (Å²) in [5.41, 5.74) is 1.51. The number of rotatable bonds is 2. The van der Waals surface area contributed by atoms with Gasteiger partial charge in [0.2, 0.25) is 0 Å². The van der Waals surface area contributed by atoms with Crippen LogP contribution in [0.25, 0.3) is 0 Å². The first kappa shape index (κ1) is 15.9. The van der Waals surface area contributed by atoms with Crippen molar-refractivity contribution in [2.45, 2.75) is 59.9 Å². The molecule has 1 amide bonds. The zero-order chi connectivity index (χ0) is 15.8. The number of aliphatic hydroxyl groups is 1. The zero-order valence-electron chi connectivity index (χ0n) is 13.8. The van der Waals surface area contributed by atoms with Crippen LogP contribution in [-0.4, -0.2) is 23.6 Å². The molecular weight excluding hydrogens is 264 g/mol. The summed E-state index contributed by atoms with van der Waals surface area (Å²) in [6, 6.07) is 0.157. The molecular formula is C17H28N2O2. The van der Waals surface area contributed by atoms with E-state index in [1.54, 1.807) is 0 Å². The average Bonchev–Trinajstić information content (AvgIpc) is 2.28. The summed E-state index contributed by atoms with van der Waals surface area (Å²) in [5.74, 6) is -0.133. The van der Waals surface area contributed by atoms with Crippen LogP contribution in [-0.2, 0) is 4.79 Å². The minimum atomic E-state index is -0.196. The number of hydrogen-bond donors (Lipinski definition) is 3. The number of nitrogens with one attached hydrogen (secondary N) is 2. The molecule has 2 rings (SSSR count). The summed E-state index contributed by atoms with van der Waals surface area (Å²) in [7, 11) is 0. The molecule has 4 nitrogen and oxygen atoms in total. The van der Waals surface area contributed by atoms with Crippen molar-refractivity contribution in [1.82, 2.24) is 10.6 Å². The summed E-state index contributed by atoms with van der Waals surface area (Å²) in [5, 5.41) is 16.1. The van der Waals surface area contributed by atoms with Gasteiger partial charge in [-0.1, -0.05) is 33.8 Å². The normalized spacial score (nSPS) is 25.1. The molecule has 1 aliphatic carbocycles. The molecule has 1 aliphatic heterocycles. The van der Waals surface area contributed by atoms with Gasteiger partial charge in [-0.2, -0.15) is 0 Å². The van der Waals surface area contributed by atoms with Gasteiger partial charge in [0.25, 0.3) is 5.91 Å². The second-order valence-corrected chi connectivity index (χ2v) is 8.08. The molecule has 0 aromatic rings. The van der Waals surface area contributed by atoms with E-state index in [4.69, 9.17) is 0 Å². The number of carbonyl (C=O) groups is 1. The van der Waals surface area contributed by atoms with Gasteiger partial charge in [0.15, 0.2) is 0 Å².